The van der Waals surface area contributed by atoms with Crippen LogP contribution in [0.3, 0.4) is 0 Å². The molecule has 2 aromatic carbocycles. The number of thiophene rings is 1. The van der Waals surface area contributed by atoms with Crippen LogP contribution in [-0.4, -0.2) is 19.0 Å². The van der Waals surface area contributed by atoms with Crippen LogP contribution in [0.4, 0.5) is 5.00 Å². The Hall–Kier alpha value is -3.08. The number of nitrogens with zero attached hydrogens (tertiary/aromatic N) is 1. The zero-order chi connectivity index (χ0) is 20.8. The van der Waals surface area contributed by atoms with E-state index in [1.54, 1.807) is 6.92 Å². The van der Waals surface area contributed by atoms with E-state index in [4.69, 9.17) is 4.74 Å². The molecule has 1 atom stereocenters. The Balaban J connectivity index is 1.93. The molecule has 3 aromatic rings. The number of benzene rings is 2. The number of hydrogen-bond acceptors (Lipinski definition) is 6. The second-order valence-corrected chi connectivity index (χ2v) is 8.27. The molecule has 0 radical (unpaired) electrons. The van der Waals surface area contributed by atoms with Crippen LogP contribution in [0, 0.1) is 18.3 Å². The number of methoxy groups -OCH3 is 1. The standard InChI is InChI=1S/C22H18N2O3S2/c1-14-17(13-23)21(29-18(14)22(26)27-2)24-20(25)19(15-9-5-3-6-10-15)28-16-11-7-4-8-12-16/h3-12,19H,1-2H3,(H,24,25). The van der Waals surface area contributed by atoms with Crippen molar-refractivity contribution in [3.63, 3.8) is 0 Å². The minimum atomic E-state index is -0.525. The molecule has 0 aliphatic rings. The minimum Gasteiger partial charge on any atom is -0.465 e. The summed E-state index contributed by atoms with van der Waals surface area (Å²) < 4.78 is 4.78. The number of esters is 1. The fourth-order valence-corrected chi connectivity index (χ4v) is 4.86. The van der Waals surface area contributed by atoms with Gasteiger partial charge in [0.15, 0.2) is 0 Å². The third kappa shape index (κ3) is 4.67. The summed E-state index contributed by atoms with van der Waals surface area (Å²) in [7, 11) is 1.29. The van der Waals surface area contributed by atoms with Crippen LogP contribution in [0.15, 0.2) is 65.6 Å². The summed E-state index contributed by atoms with van der Waals surface area (Å²) in [5.74, 6) is -0.790. The molecule has 0 spiro atoms. The molecule has 0 aliphatic carbocycles. The first-order valence-electron chi connectivity index (χ1n) is 8.74. The summed E-state index contributed by atoms with van der Waals surface area (Å²) in [4.78, 5) is 26.4. The van der Waals surface area contributed by atoms with Gasteiger partial charge < -0.3 is 10.1 Å². The number of ether oxygens (including phenoxy) is 1. The Morgan fingerprint density at radius 2 is 1.72 bits per heavy atom. The van der Waals surface area contributed by atoms with Crippen molar-refractivity contribution in [2.75, 3.05) is 12.4 Å². The van der Waals surface area contributed by atoms with Gasteiger partial charge in [-0.2, -0.15) is 5.26 Å². The minimum absolute atomic E-state index is 0.265. The topological polar surface area (TPSA) is 79.2 Å². The Labute approximate surface area is 177 Å². The van der Waals surface area contributed by atoms with Gasteiger partial charge in [-0.25, -0.2) is 4.79 Å². The SMILES string of the molecule is COC(=O)c1sc(NC(=O)C(Sc2ccccc2)c2ccccc2)c(C#N)c1C. The largest absolute Gasteiger partial charge is 0.465 e. The summed E-state index contributed by atoms with van der Waals surface area (Å²) in [6, 6.07) is 21.2. The lowest BCUT2D eigenvalue weighted by Gasteiger charge is -2.16. The summed E-state index contributed by atoms with van der Waals surface area (Å²) in [6.45, 7) is 1.67. The third-order valence-electron chi connectivity index (χ3n) is 4.20. The Morgan fingerprint density at radius 1 is 1.10 bits per heavy atom. The molecule has 1 heterocycles. The van der Waals surface area contributed by atoms with Gasteiger partial charge in [0.1, 0.15) is 21.2 Å². The number of hydrogen-bond donors (Lipinski definition) is 1. The van der Waals surface area contributed by atoms with Crippen molar-refractivity contribution in [2.45, 2.75) is 17.1 Å². The fourth-order valence-electron chi connectivity index (χ4n) is 2.74. The first-order valence-corrected chi connectivity index (χ1v) is 10.4. The highest BCUT2D eigenvalue weighted by atomic mass is 32.2. The Bertz CT molecular complexity index is 1060. The second kappa shape index (κ2) is 9.41. The van der Waals surface area contributed by atoms with Gasteiger partial charge >= 0.3 is 5.97 Å². The van der Waals surface area contributed by atoms with Gasteiger partial charge in [-0.05, 0) is 30.2 Å². The molecular weight excluding hydrogens is 404 g/mol. The van der Waals surface area contributed by atoms with Crippen LogP contribution in [-0.2, 0) is 9.53 Å². The number of rotatable bonds is 6. The first-order chi connectivity index (χ1) is 14.0. The van der Waals surface area contributed by atoms with Crippen molar-refractivity contribution in [1.82, 2.24) is 0 Å². The van der Waals surface area contributed by atoms with Gasteiger partial charge in [-0.15, -0.1) is 23.1 Å². The van der Waals surface area contributed by atoms with Crippen LogP contribution in [0.2, 0.25) is 0 Å². The molecule has 0 fully saturated rings. The van der Waals surface area contributed by atoms with E-state index < -0.39 is 11.2 Å². The molecule has 1 aromatic heterocycles. The van der Waals surface area contributed by atoms with Gasteiger partial charge in [-0.3, -0.25) is 4.79 Å². The van der Waals surface area contributed by atoms with Gasteiger partial charge in [-0.1, -0.05) is 48.5 Å². The van der Waals surface area contributed by atoms with Crippen LogP contribution >= 0.6 is 23.1 Å². The second-order valence-electron chi connectivity index (χ2n) is 6.07. The molecule has 0 bridgehead atoms. The first kappa shape index (κ1) is 20.6. The highest BCUT2D eigenvalue weighted by molar-refractivity contribution is 8.00. The Morgan fingerprint density at radius 3 is 2.31 bits per heavy atom. The molecule has 0 aliphatic heterocycles. The predicted molar refractivity (Wildman–Crippen MR) is 115 cm³/mol. The summed E-state index contributed by atoms with van der Waals surface area (Å²) >= 11 is 2.47. The molecule has 3 rings (SSSR count). The molecule has 1 amide bonds. The van der Waals surface area contributed by atoms with E-state index in [9.17, 15) is 14.9 Å². The van der Waals surface area contributed by atoms with Crippen LogP contribution in [0.25, 0.3) is 0 Å². The summed E-state index contributed by atoms with van der Waals surface area (Å²) in [6.07, 6.45) is 0. The quantitative estimate of drug-likeness (QED) is 0.437. The van der Waals surface area contributed by atoms with Crippen LogP contribution in [0.5, 0.6) is 0 Å². The van der Waals surface area contributed by atoms with E-state index in [1.165, 1.54) is 18.9 Å². The van der Waals surface area contributed by atoms with E-state index >= 15 is 0 Å². The zero-order valence-electron chi connectivity index (χ0n) is 15.8. The zero-order valence-corrected chi connectivity index (χ0v) is 17.5. The average Bonchev–Trinajstić information content (AvgIpc) is 3.07. The highest BCUT2D eigenvalue weighted by Crippen LogP contribution is 2.38. The normalized spacial score (nSPS) is 11.3. The lowest BCUT2D eigenvalue weighted by atomic mass is 10.1. The maximum absolute atomic E-state index is 13.2. The molecule has 1 unspecified atom stereocenters. The fraction of sp³-hybridized carbons (Fsp3) is 0.136. The lowest BCUT2D eigenvalue weighted by Crippen LogP contribution is -2.19. The molecule has 0 saturated carbocycles. The number of anilines is 1. The van der Waals surface area contributed by atoms with Gasteiger partial charge in [0.25, 0.3) is 0 Å². The predicted octanol–water partition coefficient (Wildman–Crippen LogP) is 5.19. The maximum Gasteiger partial charge on any atom is 0.348 e. The molecule has 1 N–H and O–H groups in total. The summed E-state index contributed by atoms with van der Waals surface area (Å²) in [5, 5.41) is 12.2. The molecule has 29 heavy (non-hydrogen) atoms. The molecule has 0 saturated heterocycles. The molecular formula is C22H18N2O3S2. The van der Waals surface area contributed by atoms with E-state index in [2.05, 4.69) is 11.4 Å². The number of nitrogens with one attached hydrogen (secondary N) is 1. The van der Waals surface area contributed by atoms with E-state index in [0.29, 0.717) is 15.4 Å². The van der Waals surface area contributed by atoms with E-state index in [1.807, 2.05) is 60.7 Å². The average molecular weight is 423 g/mol. The van der Waals surface area contributed by atoms with Crippen molar-refractivity contribution < 1.29 is 14.3 Å². The number of nitriles is 1. The van der Waals surface area contributed by atoms with Crippen molar-refractivity contribution >= 4 is 40.0 Å². The molecule has 5 nitrogen and oxygen atoms in total. The molecule has 146 valence electrons. The van der Waals surface area contributed by atoms with Gasteiger partial charge in [0.2, 0.25) is 5.91 Å². The van der Waals surface area contributed by atoms with Crippen molar-refractivity contribution in [2.24, 2.45) is 0 Å². The van der Waals surface area contributed by atoms with Crippen molar-refractivity contribution in [1.29, 1.82) is 5.26 Å². The van der Waals surface area contributed by atoms with Gasteiger partial charge in [0.05, 0.1) is 12.7 Å². The summed E-state index contributed by atoms with van der Waals surface area (Å²) in [5.41, 5.74) is 1.63. The number of carbonyl (C=O) groups excluding carboxylic acids is 2. The van der Waals surface area contributed by atoms with Crippen molar-refractivity contribution in [3.8, 4) is 6.07 Å². The van der Waals surface area contributed by atoms with E-state index in [-0.39, 0.29) is 11.5 Å². The van der Waals surface area contributed by atoms with Gasteiger partial charge in [0, 0.05) is 4.90 Å². The monoisotopic (exact) mass is 422 g/mol. The highest BCUT2D eigenvalue weighted by Gasteiger charge is 2.26. The lowest BCUT2D eigenvalue weighted by molar-refractivity contribution is -0.115. The van der Waals surface area contributed by atoms with Crippen LogP contribution < -0.4 is 5.32 Å². The van der Waals surface area contributed by atoms with Crippen LogP contribution in [0.1, 0.15) is 31.6 Å². The maximum atomic E-state index is 13.2. The van der Waals surface area contributed by atoms with E-state index in [0.717, 1.165) is 21.8 Å². The molecule has 7 heteroatoms. The third-order valence-corrected chi connectivity index (χ3v) is 6.66. The Kier molecular flexibility index (Phi) is 6.70. The number of amides is 1. The number of carbonyl (C=O) groups is 2. The van der Waals surface area contributed by atoms with Crippen molar-refractivity contribution in [3.05, 3.63) is 82.2 Å². The smallest absolute Gasteiger partial charge is 0.348 e. The number of thioether (sulfide) groups is 1.